The van der Waals surface area contributed by atoms with Crippen LogP contribution in [-0.4, -0.2) is 46.8 Å². The Bertz CT molecular complexity index is 1360. The third-order valence-electron chi connectivity index (χ3n) is 6.95. The van der Waals surface area contributed by atoms with Crippen LogP contribution in [0.1, 0.15) is 49.5 Å². The van der Waals surface area contributed by atoms with Gasteiger partial charge in [-0.15, -0.1) is 0 Å². The zero-order valence-electron chi connectivity index (χ0n) is 19.9. The summed E-state index contributed by atoms with van der Waals surface area (Å²) >= 11 is 0. The van der Waals surface area contributed by atoms with E-state index in [1.54, 1.807) is 32.9 Å². The molecule has 2 aliphatic heterocycles. The second-order valence-electron chi connectivity index (χ2n) is 10.1. The van der Waals surface area contributed by atoms with Gasteiger partial charge in [-0.1, -0.05) is 12.1 Å². The minimum absolute atomic E-state index is 0.0998. The lowest BCUT2D eigenvalue weighted by molar-refractivity contribution is -0.00172. The average molecular weight is 480 g/mol. The van der Waals surface area contributed by atoms with Crippen LogP contribution >= 0.6 is 0 Å². The molecular weight excluding hydrogens is 450 g/mol. The normalized spacial score (nSPS) is 17.1. The number of aromatic nitrogens is 2. The zero-order chi connectivity index (χ0) is 24.3. The van der Waals surface area contributed by atoms with E-state index in [9.17, 15) is 13.2 Å². The summed E-state index contributed by atoms with van der Waals surface area (Å²) in [5.41, 5.74) is 3.14. The van der Waals surface area contributed by atoms with Crippen molar-refractivity contribution in [1.82, 2.24) is 14.7 Å². The summed E-state index contributed by atoms with van der Waals surface area (Å²) in [6.07, 6.45) is 3.20. The van der Waals surface area contributed by atoms with Gasteiger partial charge in [0, 0.05) is 49.7 Å². The summed E-state index contributed by atoms with van der Waals surface area (Å²) in [5.74, 6) is 0.742. The second kappa shape index (κ2) is 7.70. The number of nitrogens with zero attached hydrogens (tertiary/aromatic N) is 3. The molecule has 8 heteroatoms. The number of piperidine rings is 1. The van der Waals surface area contributed by atoms with E-state index < -0.39 is 20.2 Å². The molecular formula is C26H29N3O4S. The molecule has 3 heterocycles. The van der Waals surface area contributed by atoms with Crippen molar-refractivity contribution in [3.63, 3.8) is 0 Å². The van der Waals surface area contributed by atoms with E-state index in [0.717, 1.165) is 22.6 Å². The second-order valence-corrected chi connectivity index (χ2v) is 12.8. The largest absolute Gasteiger partial charge is 0.482 e. The molecule has 5 rings (SSSR count). The van der Waals surface area contributed by atoms with Crippen LogP contribution in [0.25, 0.3) is 11.3 Å². The molecule has 0 bridgehead atoms. The van der Waals surface area contributed by atoms with Gasteiger partial charge in [-0.2, -0.15) is 5.10 Å². The Balaban J connectivity index is 1.36. The number of rotatable bonds is 2. The van der Waals surface area contributed by atoms with Crippen LogP contribution in [0, 0.1) is 0 Å². The Morgan fingerprint density at radius 3 is 2.32 bits per heavy atom. The smallest absolute Gasteiger partial charge is 0.253 e. The van der Waals surface area contributed by atoms with Crippen LogP contribution in [0.15, 0.2) is 59.6 Å². The topological polar surface area (TPSA) is 81.5 Å². The number of hydrogen-bond donors (Lipinski definition) is 0. The molecule has 1 aromatic heterocycles. The molecule has 1 saturated heterocycles. The molecule has 2 aromatic carbocycles. The first-order valence-corrected chi connectivity index (χ1v) is 13.0. The molecule has 2 aliphatic rings. The number of amides is 1. The Labute approximate surface area is 200 Å². The maximum atomic E-state index is 13.2. The van der Waals surface area contributed by atoms with Crippen molar-refractivity contribution in [2.24, 2.45) is 7.05 Å². The van der Waals surface area contributed by atoms with E-state index in [1.165, 1.54) is 12.1 Å². The zero-order valence-corrected chi connectivity index (χ0v) is 20.7. The lowest BCUT2D eigenvalue weighted by atomic mass is 9.81. The highest BCUT2D eigenvalue weighted by Crippen LogP contribution is 2.49. The predicted molar refractivity (Wildman–Crippen MR) is 129 cm³/mol. The fraction of sp³-hybridized carbons (Fsp3) is 0.385. The molecule has 34 heavy (non-hydrogen) atoms. The van der Waals surface area contributed by atoms with Gasteiger partial charge in [-0.3, -0.25) is 9.48 Å². The van der Waals surface area contributed by atoms with Crippen molar-refractivity contribution < 1.29 is 17.9 Å². The van der Waals surface area contributed by atoms with Crippen LogP contribution in [0.5, 0.6) is 5.75 Å². The number of carbonyl (C=O) groups excluding carboxylic acids is 1. The molecule has 3 aromatic rings. The molecule has 0 atom stereocenters. The average Bonchev–Trinajstić information content (AvgIpc) is 3.21. The first kappa shape index (κ1) is 22.7. The molecule has 1 amide bonds. The number of benzene rings is 2. The quantitative estimate of drug-likeness (QED) is 0.551. The number of fused-ring (bicyclic) bond motifs is 4. The van der Waals surface area contributed by atoms with Gasteiger partial charge in [-0.05, 0) is 57.2 Å². The highest BCUT2D eigenvalue weighted by Gasteiger charge is 2.46. The Kier molecular flexibility index (Phi) is 5.13. The van der Waals surface area contributed by atoms with Crippen LogP contribution in [0.4, 0.5) is 0 Å². The summed E-state index contributed by atoms with van der Waals surface area (Å²) in [4.78, 5) is 15.2. The van der Waals surface area contributed by atoms with E-state index in [0.29, 0.717) is 31.5 Å². The first-order valence-electron chi connectivity index (χ1n) is 11.5. The van der Waals surface area contributed by atoms with E-state index in [1.807, 2.05) is 47.1 Å². The first-order chi connectivity index (χ1) is 16.0. The number of sulfone groups is 1. The van der Waals surface area contributed by atoms with Gasteiger partial charge in [0.05, 0.1) is 21.5 Å². The standard InChI is InChI=1S/C26H29N3O4S/c1-25(2,3)34(31,32)19-11-9-18(10-12-19)24(30)29-15-13-26(14-16-29)21-17-27-28(4)23(21)20-7-5-6-8-22(20)33-26/h5-12,17H,13-16H2,1-4H3. The maximum absolute atomic E-state index is 13.2. The summed E-state index contributed by atoms with van der Waals surface area (Å²) in [6, 6.07) is 14.3. The summed E-state index contributed by atoms with van der Waals surface area (Å²) in [5, 5.41) is 4.50. The Morgan fingerprint density at radius 2 is 1.68 bits per heavy atom. The molecule has 1 fully saturated rings. The van der Waals surface area contributed by atoms with E-state index in [2.05, 4.69) is 5.10 Å². The predicted octanol–water partition coefficient (Wildman–Crippen LogP) is 4.18. The van der Waals surface area contributed by atoms with Crippen molar-refractivity contribution in [2.45, 2.75) is 48.9 Å². The van der Waals surface area contributed by atoms with E-state index >= 15 is 0 Å². The van der Waals surface area contributed by atoms with Crippen molar-refractivity contribution in [2.75, 3.05) is 13.1 Å². The maximum Gasteiger partial charge on any atom is 0.253 e. The third kappa shape index (κ3) is 3.43. The molecule has 0 saturated carbocycles. The summed E-state index contributed by atoms with van der Waals surface area (Å²) < 4.78 is 32.9. The monoisotopic (exact) mass is 479 g/mol. The molecule has 0 aliphatic carbocycles. The van der Waals surface area contributed by atoms with E-state index in [4.69, 9.17) is 4.74 Å². The molecule has 0 radical (unpaired) electrons. The number of ether oxygens (including phenoxy) is 1. The molecule has 0 N–H and O–H groups in total. The van der Waals surface area contributed by atoms with Gasteiger partial charge in [0.1, 0.15) is 11.4 Å². The molecule has 1 spiro atoms. The number of carbonyl (C=O) groups is 1. The number of aryl methyl sites for hydroxylation is 1. The highest BCUT2D eigenvalue weighted by atomic mass is 32.2. The van der Waals surface area contributed by atoms with E-state index in [-0.39, 0.29) is 10.8 Å². The van der Waals surface area contributed by atoms with Crippen molar-refractivity contribution in [3.8, 4) is 17.0 Å². The summed E-state index contributed by atoms with van der Waals surface area (Å²) in [7, 11) is -1.52. The van der Waals surface area contributed by atoms with Gasteiger partial charge in [0.15, 0.2) is 9.84 Å². The van der Waals surface area contributed by atoms with Crippen molar-refractivity contribution in [1.29, 1.82) is 0 Å². The SMILES string of the molecule is Cn1ncc2c1-c1ccccc1OC21CCN(C(=O)c2ccc(S(=O)(=O)C(C)(C)C)cc2)CC1. The fourth-order valence-electron chi connectivity index (χ4n) is 4.86. The van der Waals surface area contributed by atoms with Gasteiger partial charge in [0.25, 0.3) is 5.91 Å². The lowest BCUT2D eigenvalue weighted by Gasteiger charge is -2.44. The fourth-order valence-corrected chi connectivity index (χ4v) is 6.06. The van der Waals surface area contributed by atoms with Crippen molar-refractivity contribution in [3.05, 3.63) is 65.9 Å². The summed E-state index contributed by atoms with van der Waals surface area (Å²) in [6.45, 7) is 6.09. The van der Waals surface area contributed by atoms with Crippen LogP contribution < -0.4 is 4.74 Å². The number of para-hydroxylation sites is 1. The Hall–Kier alpha value is -3.13. The van der Waals surface area contributed by atoms with Crippen LogP contribution in [-0.2, 0) is 22.5 Å². The van der Waals surface area contributed by atoms with Gasteiger partial charge in [0.2, 0.25) is 0 Å². The van der Waals surface area contributed by atoms with Gasteiger partial charge >= 0.3 is 0 Å². The van der Waals surface area contributed by atoms with Crippen molar-refractivity contribution >= 4 is 15.7 Å². The molecule has 0 unspecified atom stereocenters. The lowest BCUT2D eigenvalue weighted by Crippen LogP contribution is -2.49. The Morgan fingerprint density at radius 1 is 1.03 bits per heavy atom. The number of hydrogen-bond acceptors (Lipinski definition) is 5. The highest BCUT2D eigenvalue weighted by molar-refractivity contribution is 7.92. The number of likely N-dealkylation sites (tertiary alicyclic amines) is 1. The minimum atomic E-state index is -3.46. The van der Waals surface area contributed by atoms with Crippen LogP contribution in [0.2, 0.25) is 0 Å². The van der Waals surface area contributed by atoms with Gasteiger partial charge < -0.3 is 9.64 Å². The minimum Gasteiger partial charge on any atom is -0.482 e. The van der Waals surface area contributed by atoms with Crippen LogP contribution in [0.3, 0.4) is 0 Å². The molecule has 7 nitrogen and oxygen atoms in total. The van der Waals surface area contributed by atoms with Gasteiger partial charge in [-0.25, -0.2) is 8.42 Å². The molecule has 178 valence electrons. The third-order valence-corrected chi connectivity index (χ3v) is 9.46.